The molecular formula is C33H42N2O4. The Kier molecular flexibility index (Phi) is 8.08. The first kappa shape index (κ1) is 28.6. The summed E-state index contributed by atoms with van der Waals surface area (Å²) in [7, 11) is 1.67. The second kappa shape index (κ2) is 11.0. The van der Waals surface area contributed by atoms with E-state index in [1.54, 1.807) is 7.11 Å². The second-order valence-electron chi connectivity index (χ2n) is 12.3. The van der Waals surface area contributed by atoms with Crippen LogP contribution in [0, 0.1) is 19.3 Å². The van der Waals surface area contributed by atoms with Gasteiger partial charge < -0.3 is 19.5 Å². The molecule has 2 aromatic carbocycles. The number of anilines is 1. The van der Waals surface area contributed by atoms with Gasteiger partial charge in [0.2, 0.25) is 0 Å². The zero-order valence-electron chi connectivity index (χ0n) is 24.6. The van der Waals surface area contributed by atoms with Crippen LogP contribution in [0.1, 0.15) is 70.5 Å². The third-order valence-electron chi connectivity index (χ3n) is 7.57. The molecular weight excluding hydrogens is 488 g/mol. The molecule has 1 aromatic heterocycles. The Hall–Kier alpha value is -3.38. The number of aliphatic carboxylic acids is 1. The van der Waals surface area contributed by atoms with Gasteiger partial charge in [-0.25, -0.2) is 4.79 Å². The van der Waals surface area contributed by atoms with E-state index in [1.807, 2.05) is 58.9 Å². The van der Waals surface area contributed by atoms with Gasteiger partial charge in [-0.15, -0.1) is 0 Å². The highest BCUT2D eigenvalue weighted by Gasteiger charge is 2.36. The normalized spacial score (nSPS) is 16.2. The summed E-state index contributed by atoms with van der Waals surface area (Å²) >= 11 is 0. The number of carboxylic acid groups (broad SMARTS) is 1. The maximum absolute atomic E-state index is 12.7. The van der Waals surface area contributed by atoms with Crippen molar-refractivity contribution in [1.82, 2.24) is 4.98 Å². The van der Waals surface area contributed by atoms with Crippen LogP contribution in [0.3, 0.4) is 0 Å². The summed E-state index contributed by atoms with van der Waals surface area (Å²) in [6.45, 7) is 15.9. The highest BCUT2D eigenvalue weighted by Crippen LogP contribution is 2.45. The molecule has 1 aliphatic rings. The molecule has 6 nitrogen and oxygen atoms in total. The van der Waals surface area contributed by atoms with Crippen LogP contribution in [0.4, 0.5) is 5.69 Å². The minimum absolute atomic E-state index is 0.252. The van der Waals surface area contributed by atoms with Gasteiger partial charge in [0.1, 0.15) is 5.75 Å². The van der Waals surface area contributed by atoms with Crippen molar-refractivity contribution in [2.45, 2.75) is 73.0 Å². The van der Waals surface area contributed by atoms with Gasteiger partial charge in [0, 0.05) is 35.6 Å². The van der Waals surface area contributed by atoms with Crippen LogP contribution >= 0.6 is 0 Å². The fraction of sp³-hybridized carbons (Fsp3) is 0.455. The summed E-state index contributed by atoms with van der Waals surface area (Å²) in [6.07, 6.45) is 0.932. The van der Waals surface area contributed by atoms with E-state index >= 15 is 0 Å². The Balaban J connectivity index is 1.88. The third-order valence-corrected chi connectivity index (χ3v) is 7.57. The molecule has 1 fully saturated rings. The lowest BCUT2D eigenvalue weighted by molar-refractivity contribution is -0.160. The Morgan fingerprint density at radius 2 is 1.44 bits per heavy atom. The van der Waals surface area contributed by atoms with E-state index < -0.39 is 17.7 Å². The van der Waals surface area contributed by atoms with Crippen molar-refractivity contribution >= 4 is 11.7 Å². The molecule has 4 rings (SSSR count). The number of pyridine rings is 1. The number of methoxy groups -OCH3 is 1. The first-order valence-corrected chi connectivity index (χ1v) is 13.7. The van der Waals surface area contributed by atoms with Crippen molar-refractivity contribution in [3.05, 3.63) is 65.5 Å². The van der Waals surface area contributed by atoms with Crippen LogP contribution in [-0.4, -0.2) is 41.9 Å². The smallest absolute Gasteiger partial charge is 0.337 e. The number of hydrogen-bond donors (Lipinski definition) is 1. The minimum Gasteiger partial charge on any atom is -0.497 e. The van der Waals surface area contributed by atoms with E-state index in [9.17, 15) is 9.90 Å². The monoisotopic (exact) mass is 530 g/mol. The third kappa shape index (κ3) is 6.44. The second-order valence-corrected chi connectivity index (χ2v) is 12.3. The molecule has 0 amide bonds. The van der Waals surface area contributed by atoms with Crippen molar-refractivity contribution in [2.24, 2.45) is 5.41 Å². The molecule has 1 N–H and O–H groups in total. The molecule has 0 unspecified atom stereocenters. The number of benzene rings is 2. The molecule has 1 atom stereocenters. The fourth-order valence-electron chi connectivity index (χ4n) is 5.37. The summed E-state index contributed by atoms with van der Waals surface area (Å²) < 4.78 is 11.5. The predicted molar refractivity (Wildman–Crippen MR) is 158 cm³/mol. The van der Waals surface area contributed by atoms with Gasteiger partial charge >= 0.3 is 5.97 Å². The number of piperidine rings is 1. The highest BCUT2D eigenvalue weighted by molar-refractivity contribution is 5.88. The highest BCUT2D eigenvalue weighted by atomic mass is 16.5. The van der Waals surface area contributed by atoms with Gasteiger partial charge in [-0.1, -0.05) is 50.2 Å². The first-order chi connectivity index (χ1) is 18.3. The quantitative estimate of drug-likeness (QED) is 0.339. The fourth-order valence-corrected chi connectivity index (χ4v) is 5.37. The Labute approximate surface area is 233 Å². The molecule has 6 heteroatoms. The maximum atomic E-state index is 12.7. The van der Waals surface area contributed by atoms with E-state index in [0.717, 1.165) is 65.3 Å². The zero-order chi connectivity index (χ0) is 28.5. The number of ether oxygens (including phenoxy) is 2. The summed E-state index contributed by atoms with van der Waals surface area (Å²) in [4.78, 5) is 19.9. The summed E-state index contributed by atoms with van der Waals surface area (Å²) in [5.41, 5.74) is 6.96. The molecule has 208 valence electrons. The van der Waals surface area contributed by atoms with Crippen molar-refractivity contribution < 1.29 is 19.4 Å². The predicted octanol–water partition coefficient (Wildman–Crippen LogP) is 7.61. The summed E-state index contributed by atoms with van der Waals surface area (Å²) in [5, 5.41) is 10.4. The Morgan fingerprint density at radius 3 is 1.92 bits per heavy atom. The van der Waals surface area contributed by atoms with Gasteiger partial charge in [-0.05, 0) is 81.7 Å². The van der Waals surface area contributed by atoms with Crippen molar-refractivity contribution in [2.75, 3.05) is 25.1 Å². The van der Waals surface area contributed by atoms with E-state index in [0.29, 0.717) is 11.3 Å². The van der Waals surface area contributed by atoms with Crippen LogP contribution in [-0.2, 0) is 9.53 Å². The standard InChI is InChI=1S/C33H42N2O4/c1-21-27(25-11-9-23(10-12-25)24-13-15-26(38-8)16-14-24)29(35-19-17-33(6,7)18-20-35)28(22(2)34-21)30(31(36)37)39-32(3,4)5/h9-16,30H,17-20H2,1-8H3,(H,36,37)/t30-/m0/s1. The van der Waals surface area contributed by atoms with Gasteiger partial charge in [-0.2, -0.15) is 0 Å². The number of aromatic nitrogens is 1. The van der Waals surface area contributed by atoms with E-state index in [2.05, 4.69) is 43.0 Å². The number of rotatable bonds is 7. The average Bonchev–Trinajstić information content (AvgIpc) is 2.87. The van der Waals surface area contributed by atoms with Crippen molar-refractivity contribution in [3.8, 4) is 28.0 Å². The zero-order valence-corrected chi connectivity index (χ0v) is 24.6. The van der Waals surface area contributed by atoms with E-state index in [4.69, 9.17) is 14.5 Å². The lowest BCUT2D eigenvalue weighted by atomic mass is 9.81. The molecule has 2 heterocycles. The lowest BCUT2D eigenvalue weighted by Gasteiger charge is -2.41. The summed E-state index contributed by atoms with van der Waals surface area (Å²) in [6, 6.07) is 16.5. The Morgan fingerprint density at radius 1 is 0.923 bits per heavy atom. The van der Waals surface area contributed by atoms with Crippen LogP contribution in [0.15, 0.2) is 48.5 Å². The molecule has 3 aromatic rings. The number of carboxylic acids is 1. The Bertz CT molecular complexity index is 1310. The van der Waals surface area contributed by atoms with Crippen LogP contribution in [0.5, 0.6) is 5.75 Å². The number of nitrogens with zero attached hydrogens (tertiary/aromatic N) is 2. The van der Waals surface area contributed by atoms with Crippen LogP contribution < -0.4 is 9.64 Å². The van der Waals surface area contributed by atoms with Gasteiger partial charge in [0.25, 0.3) is 0 Å². The van der Waals surface area contributed by atoms with E-state index in [1.165, 1.54) is 0 Å². The van der Waals surface area contributed by atoms with E-state index in [-0.39, 0.29) is 5.41 Å². The lowest BCUT2D eigenvalue weighted by Crippen LogP contribution is -2.39. The minimum atomic E-state index is -1.12. The molecule has 1 saturated heterocycles. The number of aryl methyl sites for hydroxylation is 2. The molecule has 39 heavy (non-hydrogen) atoms. The average molecular weight is 531 g/mol. The SMILES string of the molecule is COc1ccc(-c2ccc(-c3c(C)nc(C)c([C@H](OC(C)(C)C)C(=O)O)c3N3CCC(C)(C)CC3)cc2)cc1. The molecule has 0 aliphatic carbocycles. The van der Waals surface area contributed by atoms with Crippen LogP contribution in [0.2, 0.25) is 0 Å². The van der Waals surface area contributed by atoms with Gasteiger partial charge in [0.15, 0.2) is 6.10 Å². The molecule has 0 bridgehead atoms. The molecule has 0 saturated carbocycles. The topological polar surface area (TPSA) is 71.9 Å². The van der Waals surface area contributed by atoms with Crippen molar-refractivity contribution in [3.63, 3.8) is 0 Å². The van der Waals surface area contributed by atoms with Gasteiger partial charge in [-0.3, -0.25) is 4.98 Å². The number of hydrogen-bond acceptors (Lipinski definition) is 5. The first-order valence-electron chi connectivity index (χ1n) is 13.7. The molecule has 0 radical (unpaired) electrons. The molecule has 1 aliphatic heterocycles. The largest absolute Gasteiger partial charge is 0.497 e. The van der Waals surface area contributed by atoms with Gasteiger partial charge in [0.05, 0.1) is 18.4 Å². The number of carbonyl (C=O) groups is 1. The van der Waals surface area contributed by atoms with Crippen molar-refractivity contribution in [1.29, 1.82) is 0 Å². The van der Waals surface area contributed by atoms with Crippen LogP contribution in [0.25, 0.3) is 22.3 Å². The maximum Gasteiger partial charge on any atom is 0.337 e. The summed E-state index contributed by atoms with van der Waals surface area (Å²) in [5.74, 6) is -0.179. The molecule has 0 spiro atoms.